The Kier molecular flexibility index (Phi) is 4.80. The van der Waals surface area contributed by atoms with Crippen LogP contribution in [0.5, 0.6) is 5.75 Å². The first-order chi connectivity index (χ1) is 15.4. The van der Waals surface area contributed by atoms with E-state index >= 15 is 0 Å². The van der Waals surface area contributed by atoms with Gasteiger partial charge >= 0.3 is 6.09 Å². The van der Waals surface area contributed by atoms with Crippen molar-refractivity contribution in [2.75, 3.05) is 23.3 Å². The van der Waals surface area contributed by atoms with Gasteiger partial charge in [-0.15, -0.1) is 0 Å². The van der Waals surface area contributed by atoms with Crippen molar-refractivity contribution >= 4 is 34.4 Å². The van der Waals surface area contributed by atoms with E-state index in [-0.39, 0.29) is 29.2 Å². The van der Waals surface area contributed by atoms with Crippen LogP contribution in [0.4, 0.5) is 16.3 Å². The fourth-order valence-electron chi connectivity index (χ4n) is 4.21. The summed E-state index contributed by atoms with van der Waals surface area (Å²) in [6.45, 7) is 1.24. The van der Waals surface area contributed by atoms with Gasteiger partial charge in [-0.2, -0.15) is 5.10 Å². The van der Waals surface area contributed by atoms with Crippen LogP contribution in [0.25, 0.3) is 10.9 Å². The Hall–Kier alpha value is -3.89. The van der Waals surface area contributed by atoms with Gasteiger partial charge in [0.05, 0.1) is 29.6 Å². The summed E-state index contributed by atoms with van der Waals surface area (Å²) >= 11 is 0. The van der Waals surface area contributed by atoms with Gasteiger partial charge < -0.3 is 25.3 Å². The molecule has 1 aliphatic heterocycles. The Labute approximate surface area is 183 Å². The lowest BCUT2D eigenvalue weighted by molar-refractivity contribution is 0.102. The van der Waals surface area contributed by atoms with Gasteiger partial charge in [-0.1, -0.05) is 0 Å². The van der Waals surface area contributed by atoms with Crippen LogP contribution in [0, 0.1) is 0 Å². The predicted octanol–water partition coefficient (Wildman–Crippen LogP) is 2.04. The standard InChI is InChI=1S/C21H23N7O4/c1-26-10-12-6-16(18(29)7-15(12)25-26)24-20(30)17-8-23-19(9-22-17)27-5-4-14(11-27)28(21(31)32)13-2-3-13/h6-10,13-14,29H,2-5,11H2,1H3,(H,24,30)(H,31,32). The number of phenolic OH excluding ortho intramolecular Hbond substituents is 1. The molecule has 2 aliphatic rings. The monoisotopic (exact) mass is 437 g/mol. The molecule has 1 unspecified atom stereocenters. The van der Waals surface area contributed by atoms with Crippen molar-refractivity contribution in [1.29, 1.82) is 0 Å². The highest BCUT2D eigenvalue weighted by Crippen LogP contribution is 2.32. The van der Waals surface area contributed by atoms with E-state index in [1.54, 1.807) is 28.9 Å². The van der Waals surface area contributed by atoms with Crippen molar-refractivity contribution < 1.29 is 19.8 Å². The maximum absolute atomic E-state index is 12.6. The summed E-state index contributed by atoms with van der Waals surface area (Å²) < 4.78 is 1.63. The largest absolute Gasteiger partial charge is 0.506 e. The topological polar surface area (TPSA) is 137 Å². The third-order valence-corrected chi connectivity index (χ3v) is 5.90. The highest BCUT2D eigenvalue weighted by molar-refractivity contribution is 6.04. The van der Waals surface area contributed by atoms with Crippen LogP contribution < -0.4 is 10.2 Å². The number of phenols is 1. The van der Waals surface area contributed by atoms with E-state index in [0.29, 0.717) is 24.4 Å². The van der Waals surface area contributed by atoms with Gasteiger partial charge in [0.2, 0.25) is 0 Å². The van der Waals surface area contributed by atoms with Gasteiger partial charge in [0.1, 0.15) is 17.3 Å². The molecule has 3 aromatic rings. The molecule has 2 amide bonds. The van der Waals surface area contributed by atoms with Crippen LogP contribution in [0.3, 0.4) is 0 Å². The summed E-state index contributed by atoms with van der Waals surface area (Å²) in [4.78, 5) is 36.3. The van der Waals surface area contributed by atoms with Gasteiger partial charge in [-0.3, -0.25) is 9.48 Å². The second-order valence-corrected chi connectivity index (χ2v) is 8.25. The number of nitrogens with zero attached hydrogens (tertiary/aromatic N) is 6. The molecule has 2 aromatic heterocycles. The first-order valence-corrected chi connectivity index (χ1v) is 10.4. The lowest BCUT2D eigenvalue weighted by Gasteiger charge is -2.26. The molecule has 3 N–H and O–H groups in total. The molecule has 1 saturated carbocycles. The number of hydrogen-bond acceptors (Lipinski definition) is 7. The minimum absolute atomic E-state index is 0.0601. The summed E-state index contributed by atoms with van der Waals surface area (Å²) in [6.07, 6.45) is 6.41. The number of aromatic hydroxyl groups is 1. The van der Waals surface area contributed by atoms with Crippen LogP contribution in [-0.2, 0) is 7.05 Å². The lowest BCUT2D eigenvalue weighted by Crippen LogP contribution is -2.42. The van der Waals surface area contributed by atoms with Gasteiger partial charge in [-0.05, 0) is 25.3 Å². The molecule has 2 fully saturated rings. The summed E-state index contributed by atoms with van der Waals surface area (Å²) in [5, 5.41) is 27.4. The highest BCUT2D eigenvalue weighted by Gasteiger charge is 2.40. The van der Waals surface area contributed by atoms with E-state index in [1.165, 1.54) is 18.5 Å². The molecule has 3 heterocycles. The van der Waals surface area contributed by atoms with Gasteiger partial charge in [0.25, 0.3) is 5.91 Å². The number of benzene rings is 1. The molecular formula is C21H23N7O4. The van der Waals surface area contributed by atoms with E-state index in [1.807, 2.05) is 4.90 Å². The molecular weight excluding hydrogens is 414 g/mol. The number of fused-ring (bicyclic) bond motifs is 1. The van der Waals surface area contributed by atoms with Gasteiger partial charge in [0, 0.05) is 43.8 Å². The fourth-order valence-corrected chi connectivity index (χ4v) is 4.21. The van der Waals surface area contributed by atoms with Crippen LogP contribution in [-0.4, -0.2) is 72.0 Å². The zero-order chi connectivity index (χ0) is 22.4. The third kappa shape index (κ3) is 3.77. The van der Waals surface area contributed by atoms with Gasteiger partial charge in [-0.25, -0.2) is 14.8 Å². The van der Waals surface area contributed by atoms with Crippen LogP contribution in [0.15, 0.2) is 30.7 Å². The van der Waals surface area contributed by atoms with Crippen molar-refractivity contribution in [2.45, 2.75) is 31.3 Å². The molecule has 0 radical (unpaired) electrons. The maximum atomic E-state index is 12.6. The second kappa shape index (κ2) is 7.66. The molecule has 5 rings (SSSR count). The summed E-state index contributed by atoms with van der Waals surface area (Å²) in [7, 11) is 1.78. The van der Waals surface area contributed by atoms with E-state index < -0.39 is 12.0 Å². The van der Waals surface area contributed by atoms with Crippen molar-refractivity contribution in [3.8, 4) is 5.75 Å². The minimum Gasteiger partial charge on any atom is -0.506 e. The second-order valence-electron chi connectivity index (χ2n) is 8.25. The smallest absolute Gasteiger partial charge is 0.407 e. The SMILES string of the molecule is Cn1cc2cc(NC(=O)c3cnc(N4CCC(N(C(=O)O)C5CC5)C4)cn3)c(O)cc2n1. The molecule has 11 nitrogen and oxygen atoms in total. The average Bonchev–Trinajstić information content (AvgIpc) is 3.34. The van der Waals surface area contributed by atoms with Gasteiger partial charge in [0.15, 0.2) is 0 Å². The Balaban J connectivity index is 1.26. The molecule has 32 heavy (non-hydrogen) atoms. The van der Waals surface area contributed by atoms with Crippen LogP contribution in [0.1, 0.15) is 29.8 Å². The first-order valence-electron chi connectivity index (χ1n) is 10.4. The molecule has 0 spiro atoms. The number of carbonyl (C=O) groups excluding carboxylic acids is 1. The number of rotatable bonds is 5. The number of carboxylic acid groups (broad SMARTS) is 1. The number of aromatic nitrogens is 4. The summed E-state index contributed by atoms with van der Waals surface area (Å²) in [6, 6.07) is 3.22. The van der Waals surface area contributed by atoms with E-state index in [4.69, 9.17) is 0 Å². The molecule has 1 atom stereocenters. The van der Waals surface area contributed by atoms with Crippen molar-refractivity contribution in [2.24, 2.45) is 7.05 Å². The van der Waals surface area contributed by atoms with Crippen LogP contribution in [0.2, 0.25) is 0 Å². The van der Waals surface area contributed by atoms with Crippen molar-refractivity contribution in [3.63, 3.8) is 0 Å². The molecule has 166 valence electrons. The Morgan fingerprint density at radius 3 is 2.66 bits per heavy atom. The van der Waals surface area contributed by atoms with Crippen molar-refractivity contribution in [3.05, 3.63) is 36.4 Å². The molecule has 1 saturated heterocycles. The summed E-state index contributed by atoms with van der Waals surface area (Å²) in [5.41, 5.74) is 0.997. The average molecular weight is 437 g/mol. The Bertz CT molecular complexity index is 1190. The lowest BCUT2D eigenvalue weighted by atomic mass is 10.2. The summed E-state index contributed by atoms with van der Waals surface area (Å²) in [5.74, 6) is 0.0216. The number of aryl methyl sites for hydroxylation is 1. The molecule has 1 aliphatic carbocycles. The number of anilines is 2. The first kappa shape index (κ1) is 20.0. The quantitative estimate of drug-likeness (QED) is 0.516. The predicted molar refractivity (Wildman–Crippen MR) is 116 cm³/mol. The maximum Gasteiger partial charge on any atom is 0.407 e. The van der Waals surface area contributed by atoms with E-state index in [0.717, 1.165) is 24.6 Å². The minimum atomic E-state index is -0.870. The highest BCUT2D eigenvalue weighted by atomic mass is 16.4. The zero-order valence-electron chi connectivity index (χ0n) is 17.5. The van der Waals surface area contributed by atoms with Crippen molar-refractivity contribution in [1.82, 2.24) is 24.6 Å². The molecule has 0 bridgehead atoms. The van der Waals surface area contributed by atoms with E-state index in [2.05, 4.69) is 20.4 Å². The third-order valence-electron chi connectivity index (χ3n) is 5.90. The van der Waals surface area contributed by atoms with Crippen LogP contribution >= 0.6 is 0 Å². The number of nitrogens with one attached hydrogen (secondary N) is 1. The molecule has 1 aromatic carbocycles. The zero-order valence-corrected chi connectivity index (χ0v) is 17.5. The Morgan fingerprint density at radius 1 is 1.16 bits per heavy atom. The normalized spacial score (nSPS) is 18.2. The Morgan fingerprint density at radius 2 is 1.97 bits per heavy atom. The number of carbonyl (C=O) groups is 2. The van der Waals surface area contributed by atoms with E-state index in [9.17, 15) is 19.8 Å². The number of hydrogen-bond donors (Lipinski definition) is 3. The number of amides is 2. The molecule has 11 heteroatoms. The fraction of sp³-hybridized carbons (Fsp3) is 0.381.